The monoisotopic (exact) mass is 338 g/mol. The summed E-state index contributed by atoms with van der Waals surface area (Å²) in [5.41, 5.74) is 0.467. The molecule has 1 saturated heterocycles. The molecule has 1 aromatic rings. The summed E-state index contributed by atoms with van der Waals surface area (Å²) < 4.78 is 5.08. The van der Waals surface area contributed by atoms with Crippen LogP contribution in [0.5, 0.6) is 0 Å². The van der Waals surface area contributed by atoms with Crippen LogP contribution in [0.25, 0.3) is 0 Å². The minimum absolute atomic E-state index is 0.0610. The van der Waals surface area contributed by atoms with E-state index in [0.717, 1.165) is 30.8 Å². The fourth-order valence-electron chi connectivity index (χ4n) is 2.87. The maximum atomic E-state index is 12.3. The zero-order valence-corrected chi connectivity index (χ0v) is 15.0. The van der Waals surface area contributed by atoms with E-state index in [0.29, 0.717) is 29.6 Å². The summed E-state index contributed by atoms with van der Waals surface area (Å²) in [6, 6.07) is 1.82. The predicted molar refractivity (Wildman–Crippen MR) is 93.1 cm³/mol. The van der Waals surface area contributed by atoms with Gasteiger partial charge in [-0.2, -0.15) is 0 Å². The van der Waals surface area contributed by atoms with Crippen molar-refractivity contribution in [2.24, 2.45) is 5.92 Å². The molecule has 1 aliphatic rings. The summed E-state index contributed by atoms with van der Waals surface area (Å²) >= 11 is 1.45. The van der Waals surface area contributed by atoms with Gasteiger partial charge in [0.2, 0.25) is 5.91 Å². The van der Waals surface area contributed by atoms with Gasteiger partial charge in [-0.3, -0.25) is 9.69 Å². The molecular weight excluding hydrogens is 312 g/mol. The molecule has 6 heteroatoms. The molecule has 1 aromatic heterocycles. The number of aryl methyl sites for hydroxylation is 1. The van der Waals surface area contributed by atoms with Gasteiger partial charge in [0.15, 0.2) is 0 Å². The van der Waals surface area contributed by atoms with Crippen LogP contribution in [0.2, 0.25) is 0 Å². The van der Waals surface area contributed by atoms with Gasteiger partial charge in [0.1, 0.15) is 5.00 Å². The summed E-state index contributed by atoms with van der Waals surface area (Å²) in [5, 5.41) is 3.51. The van der Waals surface area contributed by atoms with Gasteiger partial charge < -0.3 is 10.1 Å². The minimum atomic E-state index is -0.370. The van der Waals surface area contributed by atoms with Crippen molar-refractivity contribution in [2.75, 3.05) is 31.6 Å². The van der Waals surface area contributed by atoms with E-state index in [4.69, 9.17) is 4.74 Å². The molecule has 1 amide bonds. The fourth-order valence-corrected chi connectivity index (χ4v) is 3.87. The SMILES string of the molecule is CCOC(=O)c1cc(CC)sc1NC(=O)CN1CCCC(C)C1. The lowest BCUT2D eigenvalue weighted by Crippen LogP contribution is -2.39. The van der Waals surface area contributed by atoms with Crippen molar-refractivity contribution in [3.63, 3.8) is 0 Å². The molecule has 2 rings (SSSR count). The number of piperidine rings is 1. The molecule has 2 heterocycles. The lowest BCUT2D eigenvalue weighted by Gasteiger charge is -2.30. The number of hydrogen-bond donors (Lipinski definition) is 1. The number of hydrogen-bond acceptors (Lipinski definition) is 5. The number of nitrogens with zero attached hydrogens (tertiary/aromatic N) is 1. The smallest absolute Gasteiger partial charge is 0.341 e. The van der Waals surface area contributed by atoms with Gasteiger partial charge in [0.25, 0.3) is 0 Å². The molecule has 0 saturated carbocycles. The van der Waals surface area contributed by atoms with Gasteiger partial charge in [-0.05, 0) is 44.7 Å². The number of likely N-dealkylation sites (tertiary alicyclic amines) is 1. The van der Waals surface area contributed by atoms with Crippen molar-refractivity contribution in [1.29, 1.82) is 0 Å². The number of anilines is 1. The Bertz CT molecular complexity index is 556. The standard InChI is InChI=1S/C17H26N2O3S/c1-4-13-9-14(17(21)22-5-2)16(23-13)18-15(20)11-19-8-6-7-12(3)10-19/h9,12H,4-8,10-11H2,1-3H3,(H,18,20). The summed E-state index contributed by atoms with van der Waals surface area (Å²) in [6.07, 6.45) is 3.20. The summed E-state index contributed by atoms with van der Waals surface area (Å²) in [7, 11) is 0. The third-order valence-electron chi connectivity index (χ3n) is 3.99. The zero-order valence-electron chi connectivity index (χ0n) is 14.2. The molecule has 1 aliphatic heterocycles. The van der Waals surface area contributed by atoms with Gasteiger partial charge in [-0.1, -0.05) is 13.8 Å². The van der Waals surface area contributed by atoms with Crippen molar-refractivity contribution < 1.29 is 14.3 Å². The third-order valence-corrected chi connectivity index (χ3v) is 5.18. The first-order valence-corrected chi connectivity index (χ1v) is 9.17. The number of esters is 1. The van der Waals surface area contributed by atoms with E-state index in [1.165, 1.54) is 17.8 Å². The first kappa shape index (κ1) is 17.9. The van der Waals surface area contributed by atoms with Crippen LogP contribution in [0.15, 0.2) is 6.07 Å². The van der Waals surface area contributed by atoms with E-state index < -0.39 is 0 Å². The number of thiophene rings is 1. The number of carbonyl (C=O) groups excluding carboxylic acids is 2. The van der Waals surface area contributed by atoms with Gasteiger partial charge in [-0.25, -0.2) is 4.79 Å². The summed E-state index contributed by atoms with van der Waals surface area (Å²) in [5.74, 6) is 0.208. The highest BCUT2D eigenvalue weighted by atomic mass is 32.1. The van der Waals surface area contributed by atoms with Crippen LogP contribution in [0.3, 0.4) is 0 Å². The van der Waals surface area contributed by atoms with E-state index in [-0.39, 0.29) is 11.9 Å². The Kier molecular flexibility index (Phi) is 6.59. The Labute approximate surface area is 142 Å². The molecule has 23 heavy (non-hydrogen) atoms. The van der Waals surface area contributed by atoms with Gasteiger partial charge in [0.05, 0.1) is 18.7 Å². The minimum Gasteiger partial charge on any atom is -0.462 e. The van der Waals surface area contributed by atoms with Crippen LogP contribution in [-0.2, 0) is 16.0 Å². The van der Waals surface area contributed by atoms with Crippen LogP contribution in [0.4, 0.5) is 5.00 Å². The molecule has 0 radical (unpaired) electrons. The summed E-state index contributed by atoms with van der Waals surface area (Å²) in [6.45, 7) is 8.66. The molecule has 1 atom stereocenters. The number of amides is 1. The highest BCUT2D eigenvalue weighted by Gasteiger charge is 2.21. The fraction of sp³-hybridized carbons (Fsp3) is 0.647. The van der Waals surface area contributed by atoms with Crippen molar-refractivity contribution >= 4 is 28.2 Å². The van der Waals surface area contributed by atoms with Gasteiger partial charge in [-0.15, -0.1) is 11.3 Å². The van der Waals surface area contributed by atoms with Crippen LogP contribution >= 0.6 is 11.3 Å². The lowest BCUT2D eigenvalue weighted by molar-refractivity contribution is -0.117. The molecule has 5 nitrogen and oxygen atoms in total. The third kappa shape index (κ3) is 5.04. The molecule has 0 bridgehead atoms. The van der Waals surface area contributed by atoms with E-state index in [1.54, 1.807) is 6.92 Å². The number of rotatable bonds is 6. The van der Waals surface area contributed by atoms with Crippen LogP contribution < -0.4 is 5.32 Å². The van der Waals surface area contributed by atoms with Gasteiger partial charge in [0, 0.05) is 11.4 Å². The van der Waals surface area contributed by atoms with Crippen LogP contribution in [0.1, 0.15) is 48.8 Å². The summed E-state index contributed by atoms with van der Waals surface area (Å²) in [4.78, 5) is 27.6. The lowest BCUT2D eigenvalue weighted by atomic mass is 10.0. The first-order valence-electron chi connectivity index (χ1n) is 8.35. The molecule has 1 N–H and O–H groups in total. The second kappa shape index (κ2) is 8.45. The molecule has 0 spiro atoms. The number of ether oxygens (including phenoxy) is 1. The van der Waals surface area contributed by atoms with Crippen molar-refractivity contribution in [3.8, 4) is 0 Å². The van der Waals surface area contributed by atoms with E-state index in [9.17, 15) is 9.59 Å². The maximum Gasteiger partial charge on any atom is 0.341 e. The second-order valence-electron chi connectivity index (χ2n) is 6.06. The first-order chi connectivity index (χ1) is 11.0. The number of carbonyl (C=O) groups is 2. The topological polar surface area (TPSA) is 58.6 Å². The van der Waals surface area contributed by atoms with E-state index in [2.05, 4.69) is 17.1 Å². The molecule has 0 aliphatic carbocycles. The molecule has 0 aromatic carbocycles. The molecule has 128 valence electrons. The number of nitrogens with one attached hydrogen (secondary N) is 1. The average Bonchev–Trinajstić information content (AvgIpc) is 2.90. The van der Waals surface area contributed by atoms with Crippen molar-refractivity contribution in [3.05, 3.63) is 16.5 Å². The Morgan fingerprint density at radius 3 is 2.87 bits per heavy atom. The average molecular weight is 338 g/mol. The van der Waals surface area contributed by atoms with Crippen LogP contribution in [0, 0.1) is 5.92 Å². The normalized spacial score (nSPS) is 18.7. The molecular formula is C17H26N2O3S. The van der Waals surface area contributed by atoms with Crippen LogP contribution in [-0.4, -0.2) is 43.0 Å². The highest BCUT2D eigenvalue weighted by molar-refractivity contribution is 7.16. The van der Waals surface area contributed by atoms with Crippen molar-refractivity contribution in [1.82, 2.24) is 4.90 Å². The van der Waals surface area contributed by atoms with E-state index in [1.807, 2.05) is 13.0 Å². The van der Waals surface area contributed by atoms with Crippen molar-refractivity contribution in [2.45, 2.75) is 40.0 Å². The quantitative estimate of drug-likeness (QED) is 0.810. The van der Waals surface area contributed by atoms with E-state index >= 15 is 0 Å². The Morgan fingerprint density at radius 2 is 2.22 bits per heavy atom. The largest absolute Gasteiger partial charge is 0.462 e. The highest BCUT2D eigenvalue weighted by Crippen LogP contribution is 2.29. The Hall–Kier alpha value is -1.40. The Morgan fingerprint density at radius 1 is 1.43 bits per heavy atom. The predicted octanol–water partition coefficient (Wildman–Crippen LogP) is 3.16. The Balaban J connectivity index is 2.01. The van der Waals surface area contributed by atoms with Gasteiger partial charge >= 0.3 is 5.97 Å². The molecule has 1 fully saturated rings. The molecule has 1 unspecified atom stereocenters. The maximum absolute atomic E-state index is 12.3. The second-order valence-corrected chi connectivity index (χ2v) is 7.20. The zero-order chi connectivity index (χ0) is 16.8.